The van der Waals surface area contributed by atoms with Gasteiger partial charge in [0.1, 0.15) is 11.6 Å². The van der Waals surface area contributed by atoms with Crippen LogP contribution in [0.25, 0.3) is 0 Å². The van der Waals surface area contributed by atoms with Crippen molar-refractivity contribution in [3.05, 3.63) is 0 Å². The SMILES string of the molecule is CCCCCCCCCCCCCC(=O)CCCC(=O)CC. The van der Waals surface area contributed by atoms with Crippen LogP contribution >= 0.6 is 0 Å². The molecule has 0 saturated carbocycles. The molecule has 130 valence electrons. The Morgan fingerprint density at radius 3 is 1.41 bits per heavy atom. The van der Waals surface area contributed by atoms with Gasteiger partial charge in [-0.3, -0.25) is 9.59 Å². The van der Waals surface area contributed by atoms with Crippen molar-refractivity contribution in [2.45, 2.75) is 117 Å². The molecule has 0 spiro atoms. The van der Waals surface area contributed by atoms with E-state index in [9.17, 15) is 9.59 Å². The lowest BCUT2D eigenvalue weighted by Gasteiger charge is -2.03. The van der Waals surface area contributed by atoms with Crippen LogP contribution in [0.15, 0.2) is 0 Å². The minimum absolute atomic E-state index is 0.280. The summed E-state index contributed by atoms with van der Waals surface area (Å²) in [5, 5.41) is 0. The minimum atomic E-state index is 0.280. The number of carbonyl (C=O) groups excluding carboxylic acids is 2. The van der Waals surface area contributed by atoms with Crippen LogP contribution in [0.5, 0.6) is 0 Å². The molecule has 22 heavy (non-hydrogen) atoms. The number of Topliss-reactive ketones (excluding diaryl/α,β-unsaturated/α-hetero) is 2. The fourth-order valence-corrected chi connectivity index (χ4v) is 2.77. The van der Waals surface area contributed by atoms with E-state index in [1.807, 2.05) is 6.92 Å². The molecule has 0 amide bonds. The smallest absolute Gasteiger partial charge is 0.132 e. The predicted molar refractivity (Wildman–Crippen MR) is 95.2 cm³/mol. The molecule has 0 aliphatic rings. The van der Waals surface area contributed by atoms with Crippen molar-refractivity contribution in [2.75, 3.05) is 0 Å². The summed E-state index contributed by atoms with van der Waals surface area (Å²) in [4.78, 5) is 22.8. The maximum atomic E-state index is 11.7. The van der Waals surface area contributed by atoms with Crippen LogP contribution < -0.4 is 0 Å². The first-order valence-corrected chi connectivity index (χ1v) is 9.74. The van der Waals surface area contributed by atoms with E-state index in [-0.39, 0.29) is 5.78 Å². The molecule has 0 saturated heterocycles. The summed E-state index contributed by atoms with van der Waals surface area (Å²) in [7, 11) is 0. The summed E-state index contributed by atoms with van der Waals surface area (Å²) in [6.07, 6.45) is 17.8. The summed E-state index contributed by atoms with van der Waals surface area (Å²) in [5.41, 5.74) is 0. The lowest BCUT2D eigenvalue weighted by atomic mass is 10.0. The summed E-state index contributed by atoms with van der Waals surface area (Å²) in [6.45, 7) is 4.14. The molecule has 0 heterocycles. The highest BCUT2D eigenvalue weighted by molar-refractivity contribution is 5.80. The largest absolute Gasteiger partial charge is 0.300 e. The monoisotopic (exact) mass is 310 g/mol. The van der Waals surface area contributed by atoms with E-state index >= 15 is 0 Å². The third-order valence-corrected chi connectivity index (χ3v) is 4.36. The molecule has 2 heteroatoms. The summed E-state index contributed by atoms with van der Waals surface area (Å²) in [5.74, 6) is 0.627. The Morgan fingerprint density at radius 1 is 0.500 bits per heavy atom. The van der Waals surface area contributed by atoms with Crippen LogP contribution in [0.2, 0.25) is 0 Å². The van der Waals surface area contributed by atoms with Gasteiger partial charge in [0.05, 0.1) is 0 Å². The predicted octanol–water partition coefficient (Wildman–Crippen LogP) is 6.41. The van der Waals surface area contributed by atoms with Crippen LogP contribution in [0.4, 0.5) is 0 Å². The average molecular weight is 311 g/mol. The first kappa shape index (κ1) is 21.3. The van der Waals surface area contributed by atoms with Crippen molar-refractivity contribution < 1.29 is 9.59 Å². The molecule has 0 N–H and O–H groups in total. The molecule has 0 atom stereocenters. The van der Waals surface area contributed by atoms with E-state index in [0.717, 1.165) is 19.3 Å². The fraction of sp³-hybridized carbons (Fsp3) is 0.900. The highest BCUT2D eigenvalue weighted by Gasteiger charge is 2.04. The molecule has 0 aromatic heterocycles. The molecule has 0 unspecified atom stereocenters. The number of hydrogen-bond acceptors (Lipinski definition) is 2. The van der Waals surface area contributed by atoms with Crippen molar-refractivity contribution in [1.29, 1.82) is 0 Å². The highest BCUT2D eigenvalue weighted by atomic mass is 16.1. The second kappa shape index (κ2) is 16.7. The lowest BCUT2D eigenvalue weighted by Crippen LogP contribution is -2.01. The zero-order valence-corrected chi connectivity index (χ0v) is 15.1. The van der Waals surface area contributed by atoms with Gasteiger partial charge < -0.3 is 0 Å². The maximum absolute atomic E-state index is 11.7. The van der Waals surface area contributed by atoms with Crippen molar-refractivity contribution in [3.63, 3.8) is 0 Å². The Labute approximate surface area is 138 Å². The standard InChI is InChI=1S/C20H38O2/c1-3-5-6-7-8-9-10-11-12-13-14-16-20(22)18-15-17-19(21)4-2/h3-18H2,1-2H3. The summed E-state index contributed by atoms with van der Waals surface area (Å²) in [6, 6.07) is 0. The van der Waals surface area contributed by atoms with Gasteiger partial charge in [0, 0.05) is 25.7 Å². The van der Waals surface area contributed by atoms with Gasteiger partial charge in [-0.05, 0) is 12.8 Å². The molecular formula is C20H38O2. The Hall–Kier alpha value is -0.660. The van der Waals surface area contributed by atoms with Crippen LogP contribution in [-0.2, 0) is 9.59 Å². The number of rotatable bonds is 17. The Balaban J connectivity index is 3.18. The second-order valence-corrected chi connectivity index (χ2v) is 6.57. The van der Waals surface area contributed by atoms with Gasteiger partial charge in [0.25, 0.3) is 0 Å². The molecule has 0 radical (unpaired) electrons. The molecular weight excluding hydrogens is 272 g/mol. The van der Waals surface area contributed by atoms with E-state index in [1.165, 1.54) is 64.2 Å². The molecule has 0 aromatic rings. The zero-order valence-electron chi connectivity index (χ0n) is 15.1. The maximum Gasteiger partial charge on any atom is 0.132 e. The summed E-state index contributed by atoms with van der Waals surface area (Å²) >= 11 is 0. The quantitative estimate of drug-likeness (QED) is 0.291. The minimum Gasteiger partial charge on any atom is -0.300 e. The molecule has 0 aliphatic carbocycles. The van der Waals surface area contributed by atoms with Crippen molar-refractivity contribution in [1.82, 2.24) is 0 Å². The third-order valence-electron chi connectivity index (χ3n) is 4.36. The van der Waals surface area contributed by atoms with E-state index in [4.69, 9.17) is 0 Å². The first-order valence-electron chi connectivity index (χ1n) is 9.74. The number of ketones is 2. The van der Waals surface area contributed by atoms with Gasteiger partial charge in [-0.25, -0.2) is 0 Å². The average Bonchev–Trinajstić information content (AvgIpc) is 2.52. The van der Waals surface area contributed by atoms with E-state index in [1.54, 1.807) is 0 Å². The van der Waals surface area contributed by atoms with Crippen molar-refractivity contribution in [2.24, 2.45) is 0 Å². The Bertz CT molecular complexity index is 271. The molecule has 0 bridgehead atoms. The zero-order chi connectivity index (χ0) is 16.5. The van der Waals surface area contributed by atoms with Gasteiger partial charge in [-0.15, -0.1) is 0 Å². The van der Waals surface area contributed by atoms with Gasteiger partial charge >= 0.3 is 0 Å². The number of carbonyl (C=O) groups is 2. The van der Waals surface area contributed by atoms with Crippen molar-refractivity contribution in [3.8, 4) is 0 Å². The highest BCUT2D eigenvalue weighted by Crippen LogP contribution is 2.12. The molecule has 0 aromatic carbocycles. The number of hydrogen-bond donors (Lipinski definition) is 0. The van der Waals surface area contributed by atoms with E-state index < -0.39 is 0 Å². The molecule has 0 fully saturated rings. The second-order valence-electron chi connectivity index (χ2n) is 6.57. The number of unbranched alkanes of at least 4 members (excludes halogenated alkanes) is 10. The van der Waals surface area contributed by atoms with Gasteiger partial charge in [-0.2, -0.15) is 0 Å². The first-order chi connectivity index (χ1) is 10.7. The van der Waals surface area contributed by atoms with Crippen LogP contribution in [0.3, 0.4) is 0 Å². The fourth-order valence-electron chi connectivity index (χ4n) is 2.77. The van der Waals surface area contributed by atoms with Gasteiger partial charge in [0.15, 0.2) is 0 Å². The third kappa shape index (κ3) is 15.7. The van der Waals surface area contributed by atoms with Gasteiger partial charge in [0.2, 0.25) is 0 Å². The normalized spacial score (nSPS) is 10.8. The van der Waals surface area contributed by atoms with Crippen LogP contribution in [0.1, 0.15) is 117 Å². The van der Waals surface area contributed by atoms with Crippen molar-refractivity contribution >= 4 is 11.6 Å². The molecule has 0 aliphatic heterocycles. The van der Waals surface area contributed by atoms with Gasteiger partial charge in [-0.1, -0.05) is 78.1 Å². The molecule has 0 rings (SSSR count). The van der Waals surface area contributed by atoms with E-state index in [0.29, 0.717) is 25.0 Å². The Kier molecular flexibility index (Phi) is 16.2. The van der Waals surface area contributed by atoms with E-state index in [2.05, 4.69) is 6.92 Å². The van der Waals surface area contributed by atoms with Crippen LogP contribution in [-0.4, -0.2) is 11.6 Å². The Morgan fingerprint density at radius 2 is 0.909 bits per heavy atom. The van der Waals surface area contributed by atoms with Crippen LogP contribution in [0, 0.1) is 0 Å². The summed E-state index contributed by atoms with van der Waals surface area (Å²) < 4.78 is 0. The molecule has 2 nitrogen and oxygen atoms in total. The lowest BCUT2D eigenvalue weighted by molar-refractivity contribution is -0.120. The topological polar surface area (TPSA) is 34.1 Å².